The Kier molecular flexibility index (Phi) is 8.07. The summed E-state index contributed by atoms with van der Waals surface area (Å²) in [4.78, 5) is 61.7. The number of urea groups is 1. The summed E-state index contributed by atoms with van der Waals surface area (Å²) in [5.41, 5.74) is 1.01. The number of hydrogen-bond donors (Lipinski definition) is 2. The highest BCUT2D eigenvalue weighted by Crippen LogP contribution is 2.29. The van der Waals surface area contributed by atoms with E-state index in [1.807, 2.05) is 6.92 Å². The highest BCUT2D eigenvalue weighted by molar-refractivity contribution is 9.10. The Morgan fingerprint density at radius 2 is 1.85 bits per heavy atom. The van der Waals surface area contributed by atoms with Gasteiger partial charge in [-0.3, -0.25) is 29.8 Å². The minimum Gasteiger partial charge on any atom is -0.483 e. The van der Waals surface area contributed by atoms with E-state index < -0.39 is 40.9 Å². The van der Waals surface area contributed by atoms with Crippen LogP contribution < -0.4 is 20.3 Å². The van der Waals surface area contributed by atoms with Crippen molar-refractivity contribution in [3.63, 3.8) is 0 Å². The first kappa shape index (κ1) is 27.5. The Morgan fingerprint density at radius 3 is 2.51 bits per heavy atom. The molecule has 1 saturated heterocycles. The van der Waals surface area contributed by atoms with Gasteiger partial charge in [0.25, 0.3) is 23.4 Å². The molecule has 3 aromatic rings. The van der Waals surface area contributed by atoms with Crippen LogP contribution in [-0.2, 0) is 14.4 Å². The Balaban J connectivity index is 1.57. The van der Waals surface area contributed by atoms with Crippen molar-refractivity contribution >= 4 is 74.4 Å². The minimum absolute atomic E-state index is 0.0279. The lowest BCUT2D eigenvalue weighted by molar-refractivity contribution is -0.384. The first-order valence-electron chi connectivity index (χ1n) is 11.2. The average molecular weight is 614 g/mol. The predicted octanol–water partition coefficient (Wildman–Crippen LogP) is 5.00. The third-order valence-electron chi connectivity index (χ3n) is 5.51. The van der Waals surface area contributed by atoms with Crippen LogP contribution in [0, 0.1) is 17.0 Å². The lowest BCUT2D eigenvalue weighted by Crippen LogP contribution is -2.54. The Labute approximate surface area is 234 Å². The number of benzene rings is 3. The second-order valence-electron chi connectivity index (χ2n) is 8.21. The molecule has 1 heterocycles. The molecule has 0 atom stereocenters. The number of carbonyl (C=O) groups is 4. The lowest BCUT2D eigenvalue weighted by Gasteiger charge is -2.26. The fraction of sp³-hybridized carbons (Fsp3) is 0.0769. The van der Waals surface area contributed by atoms with Gasteiger partial charge < -0.3 is 10.1 Å². The van der Waals surface area contributed by atoms with Crippen molar-refractivity contribution in [2.45, 2.75) is 6.92 Å². The summed E-state index contributed by atoms with van der Waals surface area (Å²) in [5.74, 6) is -2.18. The maximum atomic E-state index is 13.2. The molecule has 3 aromatic carbocycles. The van der Waals surface area contributed by atoms with Gasteiger partial charge in [-0.05, 0) is 61.0 Å². The van der Waals surface area contributed by atoms with Gasteiger partial charge in [0, 0.05) is 32.9 Å². The van der Waals surface area contributed by atoms with Crippen molar-refractivity contribution in [1.82, 2.24) is 5.32 Å². The van der Waals surface area contributed by atoms with Gasteiger partial charge in [-0.15, -0.1) is 0 Å². The first-order valence-corrected chi connectivity index (χ1v) is 12.3. The zero-order valence-electron chi connectivity index (χ0n) is 20.1. The molecule has 11 nitrogen and oxygen atoms in total. The number of hydrogen-bond acceptors (Lipinski definition) is 7. The van der Waals surface area contributed by atoms with E-state index in [0.29, 0.717) is 20.1 Å². The monoisotopic (exact) mass is 612 g/mol. The second-order valence-corrected chi connectivity index (χ2v) is 9.54. The smallest absolute Gasteiger partial charge is 0.335 e. The van der Waals surface area contributed by atoms with Crippen molar-refractivity contribution in [3.05, 3.63) is 97.0 Å². The zero-order chi connectivity index (χ0) is 28.3. The van der Waals surface area contributed by atoms with Crippen molar-refractivity contribution in [2.75, 3.05) is 16.8 Å². The van der Waals surface area contributed by atoms with Crippen molar-refractivity contribution in [2.24, 2.45) is 0 Å². The molecule has 39 heavy (non-hydrogen) atoms. The lowest BCUT2D eigenvalue weighted by atomic mass is 10.1. The van der Waals surface area contributed by atoms with Gasteiger partial charge in [-0.25, -0.2) is 9.69 Å². The summed E-state index contributed by atoms with van der Waals surface area (Å²) >= 11 is 9.42. The summed E-state index contributed by atoms with van der Waals surface area (Å²) in [5, 5.41) is 16.2. The van der Waals surface area contributed by atoms with Crippen molar-refractivity contribution < 1.29 is 28.8 Å². The van der Waals surface area contributed by atoms with Crippen LogP contribution >= 0.6 is 27.5 Å². The third kappa shape index (κ3) is 6.30. The summed E-state index contributed by atoms with van der Waals surface area (Å²) in [6.07, 6.45) is 1.22. The molecule has 0 radical (unpaired) electrons. The SMILES string of the molecule is Cc1ccc(NC(=O)COc2ccc(Br)cc2/C=C2/C(=O)NC(=O)N(c3ccc([N+](=O)[O-])cc3)C2=O)cc1Cl. The van der Waals surface area contributed by atoms with Gasteiger partial charge in [0.05, 0.1) is 10.6 Å². The van der Waals surface area contributed by atoms with Crippen LogP contribution in [0.4, 0.5) is 21.9 Å². The number of carbonyl (C=O) groups excluding carboxylic acids is 4. The van der Waals surface area contributed by atoms with Gasteiger partial charge in [-0.2, -0.15) is 0 Å². The standard InChI is InChI=1S/C26H18BrClN4O7/c1-14-2-4-17(12-21(14)28)29-23(33)13-39-22-9-3-16(27)10-15(22)11-20-24(34)30-26(36)31(25(20)35)18-5-7-19(8-6-18)32(37)38/h2-12H,13H2,1H3,(H,29,33)(H,30,34,36)/b20-11-. The van der Waals surface area contributed by atoms with Gasteiger partial charge in [0.1, 0.15) is 11.3 Å². The Hall–Kier alpha value is -4.55. The fourth-order valence-corrected chi connectivity index (χ4v) is 4.10. The van der Waals surface area contributed by atoms with Gasteiger partial charge in [-0.1, -0.05) is 33.6 Å². The molecule has 0 unspecified atom stereocenters. The number of nitro benzene ring substituents is 1. The van der Waals surface area contributed by atoms with Crippen LogP contribution in [0.15, 0.2) is 70.7 Å². The van der Waals surface area contributed by atoms with Crippen molar-refractivity contribution in [1.29, 1.82) is 0 Å². The number of nitro groups is 1. The molecule has 0 saturated carbocycles. The predicted molar refractivity (Wildman–Crippen MR) is 147 cm³/mol. The highest BCUT2D eigenvalue weighted by Gasteiger charge is 2.37. The number of imide groups is 2. The molecule has 198 valence electrons. The quantitative estimate of drug-likeness (QED) is 0.165. The first-order chi connectivity index (χ1) is 18.5. The molecule has 0 aromatic heterocycles. The number of aryl methyl sites for hydroxylation is 1. The molecular weight excluding hydrogens is 596 g/mol. The van der Waals surface area contributed by atoms with Crippen LogP contribution in [0.2, 0.25) is 5.02 Å². The maximum Gasteiger partial charge on any atom is 0.335 e. The number of nitrogens with one attached hydrogen (secondary N) is 2. The summed E-state index contributed by atoms with van der Waals surface area (Å²) in [6, 6.07) is 13.5. The van der Waals surface area contributed by atoms with E-state index in [2.05, 4.69) is 26.6 Å². The molecule has 0 aliphatic carbocycles. The van der Waals surface area contributed by atoms with Crippen molar-refractivity contribution in [3.8, 4) is 5.75 Å². The van der Waals surface area contributed by atoms with Crippen LogP contribution in [0.25, 0.3) is 6.08 Å². The maximum absolute atomic E-state index is 13.2. The van der Waals surface area contributed by atoms with Crippen LogP contribution in [0.5, 0.6) is 5.75 Å². The molecule has 1 aliphatic rings. The van der Waals surface area contributed by atoms with E-state index in [-0.39, 0.29) is 22.7 Å². The molecule has 2 N–H and O–H groups in total. The Morgan fingerprint density at radius 1 is 1.13 bits per heavy atom. The summed E-state index contributed by atoms with van der Waals surface area (Å²) in [7, 11) is 0. The fourth-order valence-electron chi connectivity index (χ4n) is 3.55. The highest BCUT2D eigenvalue weighted by atomic mass is 79.9. The number of ether oxygens (including phenoxy) is 1. The molecule has 1 aliphatic heterocycles. The molecule has 5 amide bonds. The number of nitrogens with zero attached hydrogens (tertiary/aromatic N) is 2. The molecule has 0 bridgehead atoms. The number of non-ortho nitro benzene ring substituents is 1. The second kappa shape index (κ2) is 11.5. The van der Waals surface area contributed by atoms with Crippen LogP contribution in [0.1, 0.15) is 11.1 Å². The van der Waals surface area contributed by atoms with Crippen LogP contribution in [0.3, 0.4) is 0 Å². The average Bonchev–Trinajstić information content (AvgIpc) is 2.88. The number of amides is 5. The molecule has 1 fully saturated rings. The summed E-state index contributed by atoms with van der Waals surface area (Å²) in [6.45, 7) is 1.44. The van der Waals surface area contributed by atoms with Gasteiger partial charge in [0.2, 0.25) is 0 Å². The normalized spacial score (nSPS) is 14.3. The third-order valence-corrected chi connectivity index (χ3v) is 6.41. The van der Waals surface area contributed by atoms with Gasteiger partial charge in [0.15, 0.2) is 6.61 Å². The molecule has 4 rings (SSSR count). The number of anilines is 2. The number of barbiturate groups is 1. The van der Waals surface area contributed by atoms with E-state index >= 15 is 0 Å². The van der Waals surface area contributed by atoms with E-state index in [1.165, 1.54) is 24.3 Å². The Bertz CT molecular complexity index is 1560. The zero-order valence-corrected chi connectivity index (χ0v) is 22.4. The molecule has 0 spiro atoms. The largest absolute Gasteiger partial charge is 0.483 e. The summed E-state index contributed by atoms with van der Waals surface area (Å²) < 4.78 is 6.25. The number of halogens is 2. The minimum atomic E-state index is -1.01. The number of rotatable bonds is 7. The van der Waals surface area contributed by atoms with E-state index in [9.17, 15) is 29.3 Å². The van der Waals surface area contributed by atoms with E-state index in [0.717, 1.165) is 17.7 Å². The van der Waals surface area contributed by atoms with E-state index in [4.69, 9.17) is 16.3 Å². The topological polar surface area (TPSA) is 148 Å². The molecule has 13 heteroatoms. The van der Waals surface area contributed by atoms with E-state index in [1.54, 1.807) is 30.3 Å². The van der Waals surface area contributed by atoms with Crippen LogP contribution in [-0.4, -0.2) is 35.3 Å². The van der Waals surface area contributed by atoms with Gasteiger partial charge >= 0.3 is 6.03 Å². The molecular formula is C26H18BrClN4O7.